The summed E-state index contributed by atoms with van der Waals surface area (Å²) < 4.78 is 15.3. The fraction of sp³-hybridized carbons (Fsp3) is 0.200. The molecule has 0 unspecified atom stereocenters. The van der Waals surface area contributed by atoms with Gasteiger partial charge in [-0.2, -0.15) is 10.4 Å². The van der Waals surface area contributed by atoms with Crippen LogP contribution >= 0.6 is 0 Å². The highest BCUT2D eigenvalue weighted by molar-refractivity contribution is 5.91. The smallest absolute Gasteiger partial charge is 0.230 e. The summed E-state index contributed by atoms with van der Waals surface area (Å²) in [5.74, 6) is 0.475. The summed E-state index contributed by atoms with van der Waals surface area (Å²) in [6.07, 6.45) is 3.56. The largest absolute Gasteiger partial charge is 0.363 e. The summed E-state index contributed by atoms with van der Waals surface area (Å²) >= 11 is 0. The molecule has 0 atom stereocenters. The number of carbonyl (C=O) groups excluding carboxylic acids is 1. The standard InChI is InChI=1S/C20H19FN6O/c1-26(2)19-6-4-14(12-23-19)10-20(28)24-18-7-8-27(25-18)13-15-3-5-16(11-22)17(21)9-15/h3-9,12H,10,13H2,1-2H3,(H,24,25,28). The Hall–Kier alpha value is -3.73. The van der Waals surface area contributed by atoms with Crippen molar-refractivity contribution in [1.29, 1.82) is 5.26 Å². The van der Waals surface area contributed by atoms with Crippen LogP contribution in [0.15, 0.2) is 48.8 Å². The van der Waals surface area contributed by atoms with Crippen molar-refractivity contribution in [2.45, 2.75) is 13.0 Å². The molecular formula is C20H19FN6O. The van der Waals surface area contributed by atoms with Crippen LogP contribution in [-0.2, 0) is 17.8 Å². The van der Waals surface area contributed by atoms with Crippen LogP contribution in [0.4, 0.5) is 16.0 Å². The van der Waals surface area contributed by atoms with Gasteiger partial charge in [0.1, 0.15) is 17.7 Å². The molecule has 7 nitrogen and oxygen atoms in total. The first-order chi connectivity index (χ1) is 13.4. The van der Waals surface area contributed by atoms with E-state index < -0.39 is 5.82 Å². The van der Waals surface area contributed by atoms with Crippen LogP contribution in [0.25, 0.3) is 0 Å². The van der Waals surface area contributed by atoms with Crippen molar-refractivity contribution in [2.24, 2.45) is 0 Å². The number of carbonyl (C=O) groups is 1. The second-order valence-electron chi connectivity index (χ2n) is 6.47. The van der Waals surface area contributed by atoms with Gasteiger partial charge in [0.05, 0.1) is 18.5 Å². The zero-order chi connectivity index (χ0) is 20.1. The van der Waals surface area contributed by atoms with Crippen molar-refractivity contribution in [2.75, 3.05) is 24.3 Å². The van der Waals surface area contributed by atoms with E-state index in [-0.39, 0.29) is 17.9 Å². The van der Waals surface area contributed by atoms with Gasteiger partial charge in [-0.3, -0.25) is 9.48 Å². The average Bonchev–Trinajstić information content (AvgIpc) is 3.09. The molecule has 0 fully saturated rings. The van der Waals surface area contributed by atoms with Crippen molar-refractivity contribution < 1.29 is 9.18 Å². The monoisotopic (exact) mass is 378 g/mol. The molecule has 3 rings (SSSR count). The van der Waals surface area contributed by atoms with Crippen LogP contribution in [0.1, 0.15) is 16.7 Å². The number of hydrogen-bond donors (Lipinski definition) is 1. The molecule has 1 aromatic carbocycles. The molecule has 2 heterocycles. The van der Waals surface area contributed by atoms with Gasteiger partial charge in [0.15, 0.2) is 5.82 Å². The van der Waals surface area contributed by atoms with E-state index in [0.717, 1.165) is 11.4 Å². The van der Waals surface area contributed by atoms with E-state index in [9.17, 15) is 9.18 Å². The molecule has 142 valence electrons. The van der Waals surface area contributed by atoms with E-state index in [1.165, 1.54) is 12.1 Å². The fourth-order valence-electron chi connectivity index (χ4n) is 2.61. The maximum Gasteiger partial charge on any atom is 0.230 e. The number of rotatable bonds is 6. The molecule has 0 aliphatic rings. The number of amides is 1. The van der Waals surface area contributed by atoms with Gasteiger partial charge in [0.25, 0.3) is 0 Å². The van der Waals surface area contributed by atoms with E-state index in [4.69, 9.17) is 5.26 Å². The molecule has 28 heavy (non-hydrogen) atoms. The Kier molecular flexibility index (Phi) is 5.65. The lowest BCUT2D eigenvalue weighted by Crippen LogP contribution is -2.16. The molecule has 0 saturated heterocycles. The second kappa shape index (κ2) is 8.31. The normalized spacial score (nSPS) is 10.4. The third-order valence-electron chi connectivity index (χ3n) is 4.04. The second-order valence-corrected chi connectivity index (χ2v) is 6.47. The lowest BCUT2D eigenvalue weighted by molar-refractivity contribution is -0.115. The summed E-state index contributed by atoms with van der Waals surface area (Å²) in [6.45, 7) is 0.328. The van der Waals surface area contributed by atoms with Gasteiger partial charge in [0, 0.05) is 32.6 Å². The van der Waals surface area contributed by atoms with Crippen LogP contribution in [0.2, 0.25) is 0 Å². The van der Waals surface area contributed by atoms with E-state index in [0.29, 0.717) is 17.9 Å². The number of pyridine rings is 1. The van der Waals surface area contributed by atoms with Crippen molar-refractivity contribution in [3.05, 3.63) is 71.3 Å². The number of nitrogens with one attached hydrogen (secondary N) is 1. The fourth-order valence-corrected chi connectivity index (χ4v) is 2.61. The quantitative estimate of drug-likeness (QED) is 0.712. The minimum absolute atomic E-state index is 0.00488. The molecular weight excluding hydrogens is 359 g/mol. The Balaban J connectivity index is 1.58. The van der Waals surface area contributed by atoms with E-state index in [1.807, 2.05) is 31.1 Å². The van der Waals surface area contributed by atoms with Crippen molar-refractivity contribution in [3.63, 3.8) is 0 Å². The first kappa shape index (κ1) is 19.0. The zero-order valence-electron chi connectivity index (χ0n) is 15.6. The predicted molar refractivity (Wildman–Crippen MR) is 103 cm³/mol. The molecule has 1 amide bonds. The van der Waals surface area contributed by atoms with Crippen LogP contribution in [0, 0.1) is 17.1 Å². The van der Waals surface area contributed by atoms with Crippen molar-refractivity contribution >= 4 is 17.5 Å². The molecule has 0 aliphatic heterocycles. The molecule has 0 aliphatic carbocycles. The van der Waals surface area contributed by atoms with Crippen molar-refractivity contribution in [3.8, 4) is 6.07 Å². The summed E-state index contributed by atoms with van der Waals surface area (Å²) in [5, 5.41) is 15.8. The topological polar surface area (TPSA) is 86.8 Å². The summed E-state index contributed by atoms with van der Waals surface area (Å²) in [4.78, 5) is 18.4. The zero-order valence-corrected chi connectivity index (χ0v) is 15.6. The van der Waals surface area contributed by atoms with Crippen LogP contribution < -0.4 is 10.2 Å². The first-order valence-corrected chi connectivity index (χ1v) is 8.58. The Morgan fingerprint density at radius 1 is 1.25 bits per heavy atom. The van der Waals surface area contributed by atoms with Gasteiger partial charge in [-0.25, -0.2) is 9.37 Å². The Bertz CT molecular complexity index is 1020. The Morgan fingerprint density at radius 3 is 2.68 bits per heavy atom. The molecule has 2 aromatic heterocycles. The van der Waals surface area contributed by atoms with Gasteiger partial charge in [-0.15, -0.1) is 0 Å². The van der Waals surface area contributed by atoms with E-state index in [1.54, 1.807) is 35.3 Å². The number of anilines is 2. The van der Waals surface area contributed by atoms with Gasteiger partial charge in [-0.1, -0.05) is 12.1 Å². The molecule has 0 radical (unpaired) electrons. The molecule has 1 N–H and O–H groups in total. The van der Waals surface area contributed by atoms with E-state index in [2.05, 4.69) is 15.4 Å². The maximum atomic E-state index is 13.7. The highest BCUT2D eigenvalue weighted by Crippen LogP contribution is 2.13. The SMILES string of the molecule is CN(C)c1ccc(CC(=O)Nc2ccn(Cc3ccc(C#N)c(F)c3)n2)cn1. The highest BCUT2D eigenvalue weighted by atomic mass is 19.1. The summed E-state index contributed by atoms with van der Waals surface area (Å²) in [5.41, 5.74) is 1.48. The summed E-state index contributed by atoms with van der Waals surface area (Å²) in [6, 6.07) is 11.6. The molecule has 0 spiro atoms. The minimum Gasteiger partial charge on any atom is -0.363 e. The van der Waals surface area contributed by atoms with Crippen LogP contribution in [0.3, 0.4) is 0 Å². The predicted octanol–water partition coefficient (Wildman–Crippen LogP) is 2.58. The molecule has 8 heteroatoms. The Morgan fingerprint density at radius 2 is 2.04 bits per heavy atom. The van der Waals surface area contributed by atoms with Gasteiger partial charge < -0.3 is 10.2 Å². The van der Waals surface area contributed by atoms with Gasteiger partial charge >= 0.3 is 0 Å². The third kappa shape index (κ3) is 4.71. The average molecular weight is 378 g/mol. The third-order valence-corrected chi connectivity index (χ3v) is 4.04. The number of nitriles is 1. The molecule has 0 saturated carbocycles. The van der Waals surface area contributed by atoms with Gasteiger partial charge in [-0.05, 0) is 29.3 Å². The highest BCUT2D eigenvalue weighted by Gasteiger charge is 2.09. The lowest BCUT2D eigenvalue weighted by atomic mass is 10.1. The first-order valence-electron chi connectivity index (χ1n) is 8.58. The van der Waals surface area contributed by atoms with E-state index >= 15 is 0 Å². The van der Waals surface area contributed by atoms with Crippen LogP contribution in [0.5, 0.6) is 0 Å². The van der Waals surface area contributed by atoms with Gasteiger partial charge in [0.2, 0.25) is 5.91 Å². The number of benzene rings is 1. The lowest BCUT2D eigenvalue weighted by Gasteiger charge is -2.11. The number of halogens is 1. The Labute approximate surface area is 162 Å². The maximum absolute atomic E-state index is 13.7. The number of nitrogens with zero attached hydrogens (tertiary/aromatic N) is 5. The molecule has 3 aromatic rings. The number of aromatic nitrogens is 3. The summed E-state index contributed by atoms with van der Waals surface area (Å²) in [7, 11) is 3.80. The minimum atomic E-state index is -0.561. The van der Waals surface area contributed by atoms with Crippen molar-refractivity contribution in [1.82, 2.24) is 14.8 Å². The number of hydrogen-bond acceptors (Lipinski definition) is 5. The van der Waals surface area contributed by atoms with Crippen LogP contribution in [-0.4, -0.2) is 34.8 Å². The molecule has 0 bridgehead atoms.